The van der Waals surface area contributed by atoms with Gasteiger partial charge in [-0.1, -0.05) is 0 Å². The summed E-state index contributed by atoms with van der Waals surface area (Å²) in [4.78, 5) is 24.7. The van der Waals surface area contributed by atoms with Gasteiger partial charge in [0.05, 0.1) is 45.9 Å². The molecular formula is C12H20BrN3O3. The summed E-state index contributed by atoms with van der Waals surface area (Å²) in [6.45, 7) is 5.15. The van der Waals surface area contributed by atoms with Crippen LogP contribution in [0.5, 0.6) is 0 Å². The second-order valence-electron chi connectivity index (χ2n) is 4.75. The van der Waals surface area contributed by atoms with Gasteiger partial charge in [-0.3, -0.25) is 4.79 Å². The normalized spacial score (nSPS) is 17.0. The van der Waals surface area contributed by atoms with E-state index in [1.54, 1.807) is 11.8 Å². The maximum atomic E-state index is 11.5. The number of nitriles is 1. The zero-order valence-corrected chi connectivity index (χ0v) is 13.0. The first-order valence-electron chi connectivity index (χ1n) is 6.14. The molecule has 0 N–H and O–H groups in total. The highest BCUT2D eigenvalue weighted by Crippen LogP contribution is 2.11. The number of quaternary nitrogens is 1. The fraction of sp³-hybridized carbons (Fsp3) is 0.750. The first kappa shape index (κ1) is 17.9. The Balaban J connectivity index is 0.00000324. The van der Waals surface area contributed by atoms with Gasteiger partial charge in [0, 0.05) is 0 Å². The van der Waals surface area contributed by atoms with Gasteiger partial charge in [0.15, 0.2) is 6.54 Å². The fourth-order valence-electron chi connectivity index (χ4n) is 2.05. The summed E-state index contributed by atoms with van der Waals surface area (Å²) in [6, 6.07) is 1.86. The van der Waals surface area contributed by atoms with E-state index in [2.05, 4.69) is 0 Å². The second-order valence-corrected chi connectivity index (χ2v) is 4.75. The molecule has 0 aliphatic carbocycles. The van der Waals surface area contributed by atoms with E-state index >= 15 is 0 Å². The van der Waals surface area contributed by atoms with Crippen LogP contribution in [0, 0.1) is 11.3 Å². The molecule has 7 heteroatoms. The molecular weight excluding hydrogens is 314 g/mol. The summed E-state index contributed by atoms with van der Waals surface area (Å²) in [7, 11) is 1.99. The number of ether oxygens (including phenoxy) is 1. The van der Waals surface area contributed by atoms with Gasteiger partial charge >= 0.3 is 5.97 Å². The zero-order chi connectivity index (χ0) is 13.6. The monoisotopic (exact) mass is 333 g/mol. The van der Waals surface area contributed by atoms with Gasteiger partial charge in [0.1, 0.15) is 6.42 Å². The Morgan fingerprint density at radius 2 is 1.95 bits per heavy atom. The highest BCUT2D eigenvalue weighted by Gasteiger charge is 2.32. The summed E-state index contributed by atoms with van der Waals surface area (Å²) >= 11 is 0. The van der Waals surface area contributed by atoms with Crippen molar-refractivity contribution in [2.75, 3.05) is 46.4 Å². The molecule has 1 amide bonds. The van der Waals surface area contributed by atoms with Crippen LogP contribution >= 0.6 is 0 Å². The van der Waals surface area contributed by atoms with Gasteiger partial charge in [-0.05, 0) is 6.92 Å². The van der Waals surface area contributed by atoms with Crippen molar-refractivity contribution in [3.8, 4) is 6.07 Å². The number of halogens is 1. The highest BCUT2D eigenvalue weighted by atomic mass is 79.9. The number of amides is 1. The van der Waals surface area contributed by atoms with E-state index in [-0.39, 0.29) is 35.3 Å². The van der Waals surface area contributed by atoms with Gasteiger partial charge in [-0.15, -0.1) is 0 Å². The Labute approximate surface area is 124 Å². The molecule has 0 aromatic rings. The molecule has 6 nitrogen and oxygen atoms in total. The molecule has 19 heavy (non-hydrogen) atoms. The van der Waals surface area contributed by atoms with Crippen molar-refractivity contribution in [3.63, 3.8) is 0 Å². The third-order valence-electron chi connectivity index (χ3n) is 3.22. The van der Waals surface area contributed by atoms with Crippen LogP contribution in [0.25, 0.3) is 0 Å². The molecule has 108 valence electrons. The van der Waals surface area contributed by atoms with Gasteiger partial charge in [0.2, 0.25) is 5.91 Å². The van der Waals surface area contributed by atoms with Crippen LogP contribution in [0.1, 0.15) is 13.3 Å². The Kier molecular flexibility index (Phi) is 7.64. The molecule has 0 bridgehead atoms. The molecule has 1 heterocycles. The van der Waals surface area contributed by atoms with Crippen molar-refractivity contribution < 1.29 is 35.8 Å². The predicted octanol–water partition coefficient (Wildman–Crippen LogP) is -3.24. The van der Waals surface area contributed by atoms with Crippen molar-refractivity contribution in [2.45, 2.75) is 13.3 Å². The number of rotatable bonds is 4. The van der Waals surface area contributed by atoms with E-state index in [1.165, 1.54) is 0 Å². The van der Waals surface area contributed by atoms with E-state index < -0.39 is 0 Å². The highest BCUT2D eigenvalue weighted by molar-refractivity contribution is 5.78. The number of likely N-dealkylation sites (N-methyl/N-ethyl adjacent to an activating group) is 1. The average molecular weight is 334 g/mol. The lowest BCUT2D eigenvalue weighted by Gasteiger charge is -2.41. The Morgan fingerprint density at radius 3 is 2.42 bits per heavy atom. The minimum atomic E-state index is -0.197. The summed E-state index contributed by atoms with van der Waals surface area (Å²) in [6.07, 6.45) is -0.0679. The Hall–Kier alpha value is -1.13. The van der Waals surface area contributed by atoms with Gasteiger partial charge in [-0.25, -0.2) is 4.79 Å². The number of hydrogen-bond donors (Lipinski definition) is 0. The first-order chi connectivity index (χ1) is 8.50. The quantitative estimate of drug-likeness (QED) is 0.400. The molecule has 1 saturated heterocycles. The van der Waals surface area contributed by atoms with E-state index in [4.69, 9.17) is 10.00 Å². The summed E-state index contributed by atoms with van der Waals surface area (Å²) < 4.78 is 5.54. The minimum absolute atomic E-state index is 0. The molecule has 1 aliphatic heterocycles. The van der Waals surface area contributed by atoms with Gasteiger partial charge < -0.3 is 31.1 Å². The van der Waals surface area contributed by atoms with E-state index in [0.717, 1.165) is 13.1 Å². The zero-order valence-electron chi connectivity index (χ0n) is 11.4. The standard InChI is InChI=1S/C12H20N3O3.BrH/c1-3-18-12(17)10-15(2)8-6-14(7-9-15)11(16)4-5-13;/h3-4,6-10H2,1-2H3;1H/q+1;/p-1. The Bertz CT molecular complexity index is 360. The third kappa shape index (κ3) is 5.57. The van der Waals surface area contributed by atoms with Crippen LogP contribution < -0.4 is 17.0 Å². The number of hydrogen-bond acceptors (Lipinski definition) is 4. The summed E-state index contributed by atoms with van der Waals surface area (Å²) in [5.74, 6) is -0.323. The van der Waals surface area contributed by atoms with Crippen LogP contribution in [-0.2, 0) is 14.3 Å². The molecule has 0 spiro atoms. The molecule has 0 unspecified atom stereocenters. The SMILES string of the molecule is CCOC(=O)C[N+]1(C)CCN(C(=O)CC#N)CC1.[Br-]. The predicted molar refractivity (Wildman–Crippen MR) is 64.2 cm³/mol. The van der Waals surface area contributed by atoms with Crippen LogP contribution in [0.3, 0.4) is 0 Å². The van der Waals surface area contributed by atoms with E-state index in [0.29, 0.717) is 30.7 Å². The molecule has 0 saturated carbocycles. The first-order valence-corrected chi connectivity index (χ1v) is 6.14. The number of esters is 1. The minimum Gasteiger partial charge on any atom is -1.00 e. The fourth-order valence-corrected chi connectivity index (χ4v) is 2.05. The number of piperazine rings is 1. The lowest BCUT2D eigenvalue weighted by atomic mass is 10.2. The van der Waals surface area contributed by atoms with Gasteiger partial charge in [0.25, 0.3) is 0 Å². The average Bonchev–Trinajstić information content (AvgIpc) is 2.29. The van der Waals surface area contributed by atoms with E-state index in [1.807, 2.05) is 13.1 Å². The van der Waals surface area contributed by atoms with E-state index in [9.17, 15) is 9.59 Å². The van der Waals surface area contributed by atoms with Crippen LogP contribution in [0.4, 0.5) is 0 Å². The van der Waals surface area contributed by atoms with Crippen LogP contribution in [0.15, 0.2) is 0 Å². The Morgan fingerprint density at radius 1 is 1.37 bits per heavy atom. The van der Waals surface area contributed by atoms with Gasteiger partial charge in [-0.2, -0.15) is 5.26 Å². The molecule has 0 atom stereocenters. The van der Waals surface area contributed by atoms with Crippen molar-refractivity contribution in [1.82, 2.24) is 4.90 Å². The number of carbonyl (C=O) groups is 2. The van der Waals surface area contributed by atoms with Crippen molar-refractivity contribution in [1.29, 1.82) is 5.26 Å². The van der Waals surface area contributed by atoms with Crippen LogP contribution in [0.2, 0.25) is 0 Å². The molecule has 1 rings (SSSR count). The third-order valence-corrected chi connectivity index (χ3v) is 3.22. The largest absolute Gasteiger partial charge is 1.00 e. The smallest absolute Gasteiger partial charge is 0.361 e. The lowest BCUT2D eigenvalue weighted by molar-refractivity contribution is -0.906. The van der Waals surface area contributed by atoms with Crippen LogP contribution in [-0.4, -0.2) is 67.6 Å². The maximum absolute atomic E-state index is 11.5. The second kappa shape index (κ2) is 8.12. The molecule has 0 aromatic heterocycles. The summed E-state index contributed by atoms with van der Waals surface area (Å²) in [5.41, 5.74) is 0. The number of carbonyl (C=O) groups excluding carboxylic acids is 2. The summed E-state index contributed by atoms with van der Waals surface area (Å²) in [5, 5.41) is 8.49. The van der Waals surface area contributed by atoms with Crippen molar-refractivity contribution >= 4 is 11.9 Å². The van der Waals surface area contributed by atoms with Crippen molar-refractivity contribution in [3.05, 3.63) is 0 Å². The molecule has 1 aliphatic rings. The maximum Gasteiger partial charge on any atom is 0.361 e. The van der Waals surface area contributed by atoms with Crippen molar-refractivity contribution in [2.24, 2.45) is 0 Å². The lowest BCUT2D eigenvalue weighted by Crippen LogP contribution is -3.00. The topological polar surface area (TPSA) is 70.4 Å². The molecule has 0 radical (unpaired) electrons. The number of nitrogens with zero attached hydrogens (tertiary/aromatic N) is 3. The molecule has 1 fully saturated rings. The molecule has 0 aromatic carbocycles.